The van der Waals surface area contributed by atoms with Crippen molar-refractivity contribution in [3.8, 4) is 22.5 Å². The van der Waals surface area contributed by atoms with Crippen molar-refractivity contribution in [2.45, 2.75) is 72.4 Å². The normalized spacial score (nSPS) is 11.5. The van der Waals surface area contributed by atoms with Gasteiger partial charge in [0.15, 0.2) is 0 Å². The monoisotopic (exact) mass is 1460 g/mol. The highest BCUT2D eigenvalue weighted by molar-refractivity contribution is 5.95. The van der Waals surface area contributed by atoms with Crippen molar-refractivity contribution in [1.29, 1.82) is 0 Å². The Labute approximate surface area is 609 Å². The molecule has 0 saturated heterocycles. The summed E-state index contributed by atoms with van der Waals surface area (Å²) in [7, 11) is 5.22. The molecule has 6 heterocycles. The number of carbonyl (C=O) groups is 4. The summed E-state index contributed by atoms with van der Waals surface area (Å²) in [5.74, 6) is -4.93. The first-order chi connectivity index (χ1) is 51.9. The van der Waals surface area contributed by atoms with Gasteiger partial charge in [-0.25, -0.2) is 55.3 Å². The number of fused-ring (bicyclic) bond motifs is 2. The van der Waals surface area contributed by atoms with Crippen LogP contribution in [0.2, 0.25) is 0 Å². The van der Waals surface area contributed by atoms with Gasteiger partial charge in [-0.3, -0.25) is 29.0 Å². The van der Waals surface area contributed by atoms with Crippen LogP contribution in [0.5, 0.6) is 0 Å². The van der Waals surface area contributed by atoms with E-state index in [1.54, 1.807) is 67.8 Å². The van der Waals surface area contributed by atoms with E-state index in [0.717, 1.165) is 35.4 Å². The first kappa shape index (κ1) is 74.2. The minimum absolute atomic E-state index is 0.0166. The molecule has 0 spiro atoms. The SMILES string of the molecule is CCNC(=O)Nc1ccc(-c2nc3n(Cc4c(F)cccc4F)cc(C(=O)NCc4cn(CCOCCOCCn5cc(CNC(=O)c6cn(Cc7c(F)cccc7F)c7nc(-c8ccc(NC(=O)NC)cc8)c(CN(C)Cc8ccccc8)n7c6=O)nn5)nn4)c(=O)n3c2CN(C)Cc2ccccc2)cc1. The van der Waals surface area contributed by atoms with Crippen molar-refractivity contribution in [3.63, 3.8) is 0 Å². The van der Waals surface area contributed by atoms with Crippen LogP contribution in [0.4, 0.5) is 38.5 Å². The van der Waals surface area contributed by atoms with E-state index in [2.05, 4.69) is 52.5 Å². The van der Waals surface area contributed by atoms with Crippen LogP contribution in [-0.2, 0) is 74.9 Å². The second-order valence-electron chi connectivity index (χ2n) is 25.1. The number of anilines is 2. The number of imidazole rings is 2. The molecule has 0 fully saturated rings. The Balaban J connectivity index is 0.664. The Morgan fingerprint density at radius 2 is 0.879 bits per heavy atom. The summed E-state index contributed by atoms with van der Waals surface area (Å²) in [4.78, 5) is 96.5. The molecule has 6 N–H and O–H groups in total. The molecule has 0 unspecified atom stereocenters. The van der Waals surface area contributed by atoms with Gasteiger partial charge in [0.25, 0.3) is 22.9 Å². The molecule has 0 aliphatic rings. The molecule has 12 rings (SSSR count). The van der Waals surface area contributed by atoms with E-state index >= 15 is 17.6 Å². The van der Waals surface area contributed by atoms with Gasteiger partial charge in [-0.15, -0.1) is 10.2 Å². The van der Waals surface area contributed by atoms with Crippen molar-refractivity contribution in [2.24, 2.45) is 0 Å². The van der Waals surface area contributed by atoms with Crippen LogP contribution in [0.15, 0.2) is 180 Å². The second-order valence-corrected chi connectivity index (χ2v) is 25.1. The fraction of sp³-hybridized carbons (Fsp3) is 0.253. The number of nitrogens with one attached hydrogen (secondary N) is 6. The van der Waals surface area contributed by atoms with Crippen LogP contribution in [0, 0.1) is 23.3 Å². The van der Waals surface area contributed by atoms with Crippen molar-refractivity contribution >= 4 is 46.8 Å². The van der Waals surface area contributed by atoms with Crippen molar-refractivity contribution in [2.75, 3.05) is 64.7 Å². The Hall–Kier alpha value is -12.5. The van der Waals surface area contributed by atoms with E-state index in [0.29, 0.717) is 76.3 Å². The zero-order valence-electron chi connectivity index (χ0n) is 58.8. The molecule has 0 aliphatic heterocycles. The third-order valence-corrected chi connectivity index (χ3v) is 17.3. The van der Waals surface area contributed by atoms with Crippen LogP contribution in [0.25, 0.3) is 34.1 Å². The third-order valence-electron chi connectivity index (χ3n) is 17.3. The molecule has 6 aromatic carbocycles. The van der Waals surface area contributed by atoms with E-state index in [1.807, 2.05) is 84.6 Å². The average Bonchev–Trinajstić information content (AvgIpc) is 1.61. The highest BCUT2D eigenvalue weighted by atomic mass is 19.1. The van der Waals surface area contributed by atoms with Gasteiger partial charge < -0.3 is 50.5 Å². The van der Waals surface area contributed by atoms with E-state index in [4.69, 9.17) is 19.4 Å². The maximum absolute atomic E-state index is 15.4. The third kappa shape index (κ3) is 18.2. The molecule has 0 aliphatic carbocycles. The maximum atomic E-state index is 15.4. The number of hydrogen-bond acceptors (Lipinski definition) is 16. The van der Waals surface area contributed by atoms with Crippen molar-refractivity contribution in [1.82, 2.24) is 89.0 Å². The fourth-order valence-corrected chi connectivity index (χ4v) is 12.1. The number of amides is 6. The van der Waals surface area contributed by atoms with E-state index < -0.39 is 71.4 Å². The molecule has 552 valence electrons. The summed E-state index contributed by atoms with van der Waals surface area (Å²) in [6.07, 6.45) is 5.67. The molecule has 32 heteroatoms. The second kappa shape index (κ2) is 34.4. The van der Waals surface area contributed by atoms with Gasteiger partial charge in [-0.2, -0.15) is 0 Å². The van der Waals surface area contributed by atoms with E-state index in [1.165, 1.54) is 58.9 Å². The largest absolute Gasteiger partial charge is 0.377 e. The number of nitrogens with zero attached hydrogens (tertiary/aromatic N) is 14. The summed E-state index contributed by atoms with van der Waals surface area (Å²) in [5, 5.41) is 32.9. The molecule has 0 bridgehead atoms. The number of hydrogen-bond donors (Lipinski definition) is 6. The minimum Gasteiger partial charge on any atom is -0.377 e. The lowest BCUT2D eigenvalue weighted by molar-refractivity contribution is 0.0402. The summed E-state index contributed by atoms with van der Waals surface area (Å²) in [6, 6.07) is 39.1. The van der Waals surface area contributed by atoms with Crippen LogP contribution in [-0.4, -0.2) is 146 Å². The first-order valence-corrected chi connectivity index (χ1v) is 34.2. The van der Waals surface area contributed by atoms with Gasteiger partial charge in [-0.1, -0.05) is 107 Å². The zero-order valence-corrected chi connectivity index (χ0v) is 58.8. The maximum Gasteiger partial charge on any atom is 0.319 e. The predicted octanol–water partition coefficient (Wildman–Crippen LogP) is 8.23. The molecule has 0 radical (unpaired) electrons. The number of benzene rings is 6. The van der Waals surface area contributed by atoms with E-state index in [-0.39, 0.29) is 99.5 Å². The molecular formula is C75H76F4N20O8. The molecular weight excluding hydrogens is 1380 g/mol. The fourth-order valence-electron chi connectivity index (χ4n) is 12.1. The quantitative estimate of drug-likeness (QED) is 0.0171. The summed E-state index contributed by atoms with van der Waals surface area (Å²) < 4.78 is 81.6. The lowest BCUT2D eigenvalue weighted by atomic mass is 10.1. The Bertz CT molecular complexity index is 5240. The summed E-state index contributed by atoms with van der Waals surface area (Å²) >= 11 is 0. The molecule has 28 nitrogen and oxygen atoms in total. The van der Waals surface area contributed by atoms with Crippen LogP contribution >= 0.6 is 0 Å². The minimum atomic E-state index is -0.840. The predicted molar refractivity (Wildman–Crippen MR) is 389 cm³/mol. The van der Waals surface area contributed by atoms with Gasteiger partial charge in [0.05, 0.1) is 101 Å². The van der Waals surface area contributed by atoms with Crippen LogP contribution < -0.4 is 43.0 Å². The van der Waals surface area contributed by atoms with Gasteiger partial charge in [0.2, 0.25) is 11.6 Å². The smallest absolute Gasteiger partial charge is 0.319 e. The molecule has 0 saturated carbocycles. The lowest BCUT2D eigenvalue weighted by Gasteiger charge is -2.18. The zero-order chi connectivity index (χ0) is 75.1. The molecule has 107 heavy (non-hydrogen) atoms. The topological polar surface area (TPSA) is 305 Å². The van der Waals surface area contributed by atoms with Gasteiger partial charge in [0, 0.05) is 85.8 Å². The molecule has 0 atom stereocenters. The van der Waals surface area contributed by atoms with Crippen molar-refractivity contribution in [3.05, 3.63) is 271 Å². The number of carbonyl (C=O) groups excluding carboxylic acids is 4. The molecule has 12 aromatic rings. The van der Waals surface area contributed by atoms with Crippen LogP contribution in [0.1, 0.15) is 72.7 Å². The molecule has 6 aromatic heterocycles. The van der Waals surface area contributed by atoms with Gasteiger partial charge in [-0.05, 0) is 80.7 Å². The highest BCUT2D eigenvalue weighted by Gasteiger charge is 2.28. The number of ether oxygens (including phenoxy) is 2. The van der Waals surface area contributed by atoms with Crippen molar-refractivity contribution < 1.29 is 46.2 Å². The van der Waals surface area contributed by atoms with E-state index in [9.17, 15) is 28.8 Å². The summed E-state index contributed by atoms with van der Waals surface area (Å²) in [5.41, 5.74) is 3.45. The Morgan fingerprint density at radius 3 is 1.27 bits per heavy atom. The number of aromatic nitrogens is 12. The number of halogens is 4. The first-order valence-electron chi connectivity index (χ1n) is 34.2. The Morgan fingerprint density at radius 1 is 0.477 bits per heavy atom. The molecule has 6 amide bonds. The lowest BCUT2D eigenvalue weighted by Crippen LogP contribution is -2.34. The highest BCUT2D eigenvalue weighted by Crippen LogP contribution is 2.31. The number of rotatable bonds is 32. The number of urea groups is 2. The standard InChI is InChI=1S/C75H76F4N20O8/c1-5-81-73(105)85-53-28-24-51(25-29-53)67-65(47-93(4)39-49-16-10-7-11-17-49)99-71(103)59(45-95(75(99)87-67)43-57-62(78)20-13-21-63(57)79)69(101)83-37-55-41-97(91-89-55)31-33-107-35-34-106-32-30-96-40-54(88-90-96)36-82-68(100)58-44-94(42-56-60(76)18-12-19-61(56)77)74-86-66(50-22-26-52(27-23-50)84-72(104)80-2)64(98(74)70(58)102)46-92(3)38-48-14-8-6-9-15-48/h6-29,40-41,44-45H,5,30-39,42-43,46-47H2,1-4H3,(H,82,100)(H,83,101)(H2,80,84,104)(H2,81,85,105). The Kier molecular flexibility index (Phi) is 23.8. The van der Waals surface area contributed by atoms with Gasteiger partial charge in [0.1, 0.15) is 45.8 Å². The van der Waals surface area contributed by atoms with Gasteiger partial charge >= 0.3 is 12.1 Å². The average molecular weight is 1460 g/mol. The summed E-state index contributed by atoms with van der Waals surface area (Å²) in [6.45, 7) is 3.62. The van der Waals surface area contributed by atoms with Crippen LogP contribution in [0.3, 0.4) is 0 Å².